The molecule has 2 fully saturated rings. The molecule has 1 N–H and O–H groups in total. The average molecular weight is 379 g/mol. The molecule has 3 atom stereocenters. The van der Waals surface area contributed by atoms with Crippen LogP contribution in [0, 0.1) is 19.7 Å². The van der Waals surface area contributed by atoms with Gasteiger partial charge < -0.3 is 4.74 Å². The summed E-state index contributed by atoms with van der Waals surface area (Å²) in [5.74, 6) is 0.317. The van der Waals surface area contributed by atoms with Gasteiger partial charge in [-0.3, -0.25) is 5.10 Å². The van der Waals surface area contributed by atoms with E-state index in [0.29, 0.717) is 34.9 Å². The Labute approximate surface area is 152 Å². The normalized spacial score (nSPS) is 26.2. The standard InChI is InChI=1S/C18H22FN3O3S/c1-11-18(12(2)21-20-11)26(23,24)22-14-5-6-15(22)10-17(9-14)25-16-7-3-13(19)4-8-16/h3-4,7-8,14-15,17H,5-6,9-10H2,1-2H3,(H,20,21)/t14-,15+,17-. The quantitative estimate of drug-likeness (QED) is 0.886. The zero-order valence-electron chi connectivity index (χ0n) is 14.8. The van der Waals surface area contributed by atoms with E-state index in [1.165, 1.54) is 12.1 Å². The largest absolute Gasteiger partial charge is 0.490 e. The summed E-state index contributed by atoms with van der Waals surface area (Å²) in [5, 5.41) is 6.81. The first kappa shape index (κ1) is 17.5. The van der Waals surface area contributed by atoms with Crippen molar-refractivity contribution in [1.82, 2.24) is 14.5 Å². The van der Waals surface area contributed by atoms with Crippen molar-refractivity contribution in [2.75, 3.05) is 0 Å². The van der Waals surface area contributed by atoms with Gasteiger partial charge in [-0.25, -0.2) is 12.8 Å². The van der Waals surface area contributed by atoms with Crippen molar-refractivity contribution in [2.24, 2.45) is 0 Å². The van der Waals surface area contributed by atoms with Crippen LogP contribution in [0.2, 0.25) is 0 Å². The number of fused-ring (bicyclic) bond motifs is 2. The maximum absolute atomic E-state index is 13.2. The van der Waals surface area contributed by atoms with Crippen LogP contribution in [0.3, 0.4) is 0 Å². The summed E-state index contributed by atoms with van der Waals surface area (Å²) < 4.78 is 47.2. The van der Waals surface area contributed by atoms with Crippen LogP contribution in [0.4, 0.5) is 4.39 Å². The molecule has 2 bridgehead atoms. The van der Waals surface area contributed by atoms with Crippen molar-refractivity contribution in [1.29, 1.82) is 0 Å². The van der Waals surface area contributed by atoms with Crippen molar-refractivity contribution in [3.05, 3.63) is 41.5 Å². The Morgan fingerprint density at radius 2 is 1.77 bits per heavy atom. The highest BCUT2D eigenvalue weighted by atomic mass is 32.2. The van der Waals surface area contributed by atoms with E-state index in [2.05, 4.69) is 10.2 Å². The second-order valence-electron chi connectivity index (χ2n) is 7.15. The van der Waals surface area contributed by atoms with E-state index in [1.54, 1.807) is 30.3 Å². The van der Waals surface area contributed by atoms with Crippen LogP contribution in [0.25, 0.3) is 0 Å². The average Bonchev–Trinajstić information content (AvgIpc) is 3.07. The number of halogens is 1. The summed E-state index contributed by atoms with van der Waals surface area (Å²) in [6.07, 6.45) is 2.90. The Bertz CT molecular complexity index is 877. The van der Waals surface area contributed by atoms with Crippen LogP contribution in [0.1, 0.15) is 37.1 Å². The molecule has 140 valence electrons. The molecule has 26 heavy (non-hydrogen) atoms. The number of H-pyrrole nitrogens is 1. The van der Waals surface area contributed by atoms with Gasteiger partial charge in [0.25, 0.3) is 0 Å². The van der Waals surface area contributed by atoms with Crippen LogP contribution in [0.15, 0.2) is 29.2 Å². The Balaban J connectivity index is 1.55. The minimum absolute atomic E-state index is 0.0593. The highest BCUT2D eigenvalue weighted by molar-refractivity contribution is 7.89. The number of nitrogens with one attached hydrogen (secondary N) is 1. The summed E-state index contributed by atoms with van der Waals surface area (Å²) in [5.41, 5.74) is 1.08. The number of aryl methyl sites for hydroxylation is 2. The predicted octanol–water partition coefficient (Wildman–Crippen LogP) is 2.93. The molecule has 0 radical (unpaired) electrons. The van der Waals surface area contributed by atoms with Gasteiger partial charge in [0, 0.05) is 24.9 Å². The van der Waals surface area contributed by atoms with Crippen molar-refractivity contribution < 1.29 is 17.5 Å². The Morgan fingerprint density at radius 1 is 1.15 bits per heavy atom. The first-order valence-corrected chi connectivity index (χ1v) is 10.3. The number of sulfonamides is 1. The summed E-state index contributed by atoms with van der Waals surface area (Å²) in [4.78, 5) is 0.298. The second-order valence-corrected chi connectivity index (χ2v) is 8.93. The Hall–Kier alpha value is -1.93. The number of hydrogen-bond acceptors (Lipinski definition) is 4. The van der Waals surface area contributed by atoms with Crippen molar-refractivity contribution >= 4 is 10.0 Å². The van der Waals surface area contributed by atoms with Crippen molar-refractivity contribution in [2.45, 2.75) is 62.6 Å². The summed E-state index contributed by atoms with van der Waals surface area (Å²) in [6, 6.07) is 5.81. The van der Waals surface area contributed by atoms with Crippen LogP contribution in [0.5, 0.6) is 5.75 Å². The van der Waals surface area contributed by atoms with E-state index in [0.717, 1.165) is 12.8 Å². The predicted molar refractivity (Wildman–Crippen MR) is 93.9 cm³/mol. The monoisotopic (exact) mass is 379 g/mol. The number of aromatic amines is 1. The first-order chi connectivity index (χ1) is 12.4. The summed E-state index contributed by atoms with van der Waals surface area (Å²) in [7, 11) is -3.58. The number of nitrogens with zero attached hydrogens (tertiary/aromatic N) is 2. The molecule has 0 aliphatic carbocycles. The topological polar surface area (TPSA) is 75.3 Å². The van der Waals surface area contributed by atoms with Gasteiger partial charge in [-0.1, -0.05) is 0 Å². The smallest absolute Gasteiger partial charge is 0.247 e. The molecule has 8 heteroatoms. The fourth-order valence-electron chi connectivity index (χ4n) is 4.30. The number of benzene rings is 1. The minimum atomic E-state index is -3.58. The first-order valence-electron chi connectivity index (χ1n) is 8.83. The molecular weight excluding hydrogens is 357 g/mol. The molecule has 2 aromatic rings. The number of piperidine rings is 1. The lowest BCUT2D eigenvalue weighted by Crippen LogP contribution is -2.49. The SMILES string of the molecule is Cc1n[nH]c(C)c1S(=O)(=O)N1[C@@H]2CC[C@H]1C[C@H](Oc1ccc(F)cc1)C2. The van der Waals surface area contributed by atoms with Gasteiger partial charge in [-0.2, -0.15) is 9.40 Å². The zero-order valence-corrected chi connectivity index (χ0v) is 15.6. The molecule has 2 aliphatic heterocycles. The van der Waals surface area contributed by atoms with Crippen LogP contribution >= 0.6 is 0 Å². The van der Waals surface area contributed by atoms with Crippen molar-refractivity contribution in [3.63, 3.8) is 0 Å². The fourth-order valence-corrected chi connectivity index (χ4v) is 6.53. The number of hydrogen-bond donors (Lipinski definition) is 1. The van der Waals surface area contributed by atoms with Gasteiger partial charge in [0.05, 0.1) is 11.4 Å². The summed E-state index contributed by atoms with van der Waals surface area (Å²) >= 11 is 0. The molecular formula is C18H22FN3O3S. The van der Waals surface area contributed by atoms with Gasteiger partial charge in [0.1, 0.15) is 22.6 Å². The van der Waals surface area contributed by atoms with E-state index < -0.39 is 10.0 Å². The van der Waals surface area contributed by atoms with E-state index >= 15 is 0 Å². The van der Waals surface area contributed by atoms with E-state index in [-0.39, 0.29) is 24.0 Å². The highest BCUT2D eigenvalue weighted by Crippen LogP contribution is 2.41. The third kappa shape index (κ3) is 2.91. The molecule has 0 unspecified atom stereocenters. The van der Waals surface area contributed by atoms with E-state index in [1.807, 2.05) is 0 Å². The third-order valence-corrected chi connectivity index (χ3v) is 7.60. The summed E-state index contributed by atoms with van der Waals surface area (Å²) in [6.45, 7) is 3.45. The third-order valence-electron chi connectivity index (χ3n) is 5.34. The molecule has 0 saturated carbocycles. The van der Waals surface area contributed by atoms with Gasteiger partial charge in [-0.05, 0) is 51.0 Å². The number of aromatic nitrogens is 2. The van der Waals surface area contributed by atoms with Crippen LogP contribution < -0.4 is 4.74 Å². The van der Waals surface area contributed by atoms with Crippen LogP contribution in [-0.2, 0) is 10.0 Å². The molecule has 3 heterocycles. The molecule has 1 aromatic carbocycles. The number of rotatable bonds is 4. The molecule has 2 aliphatic rings. The van der Waals surface area contributed by atoms with Gasteiger partial charge in [-0.15, -0.1) is 0 Å². The maximum atomic E-state index is 13.2. The Kier molecular flexibility index (Phi) is 4.27. The van der Waals surface area contributed by atoms with Crippen molar-refractivity contribution in [3.8, 4) is 5.75 Å². The zero-order chi connectivity index (χ0) is 18.5. The maximum Gasteiger partial charge on any atom is 0.247 e. The second kappa shape index (κ2) is 6.35. The molecule has 1 aromatic heterocycles. The fraction of sp³-hybridized carbons (Fsp3) is 0.500. The molecule has 0 spiro atoms. The van der Waals surface area contributed by atoms with E-state index in [9.17, 15) is 12.8 Å². The lowest BCUT2D eigenvalue weighted by atomic mass is 10.0. The minimum Gasteiger partial charge on any atom is -0.490 e. The lowest BCUT2D eigenvalue weighted by Gasteiger charge is -2.37. The Morgan fingerprint density at radius 3 is 2.31 bits per heavy atom. The van der Waals surface area contributed by atoms with Gasteiger partial charge in [0.15, 0.2) is 0 Å². The number of ether oxygens (including phenoxy) is 1. The van der Waals surface area contributed by atoms with Gasteiger partial charge >= 0.3 is 0 Å². The van der Waals surface area contributed by atoms with E-state index in [4.69, 9.17) is 4.74 Å². The lowest BCUT2D eigenvalue weighted by molar-refractivity contribution is 0.0955. The molecule has 0 amide bonds. The van der Waals surface area contributed by atoms with Gasteiger partial charge in [0.2, 0.25) is 10.0 Å². The highest BCUT2D eigenvalue weighted by Gasteiger charge is 2.48. The molecule has 2 saturated heterocycles. The van der Waals surface area contributed by atoms with Crippen LogP contribution in [-0.4, -0.2) is 41.1 Å². The molecule has 6 nitrogen and oxygen atoms in total. The molecule has 4 rings (SSSR count).